The summed E-state index contributed by atoms with van der Waals surface area (Å²) in [7, 11) is 3.50. The molecule has 0 saturated carbocycles. The minimum absolute atomic E-state index is 0.0759. The first-order chi connectivity index (χ1) is 15.5. The van der Waals surface area contributed by atoms with Crippen LogP contribution >= 0.6 is 0 Å². The molecule has 0 aliphatic carbocycles. The number of fused-ring (bicyclic) bond motifs is 3. The fourth-order valence-electron chi connectivity index (χ4n) is 3.86. The second-order valence-electron chi connectivity index (χ2n) is 7.84. The van der Waals surface area contributed by atoms with Crippen LogP contribution in [0.5, 0.6) is 5.75 Å². The molecule has 1 aliphatic rings. The summed E-state index contributed by atoms with van der Waals surface area (Å²) in [6.07, 6.45) is 0.183. The lowest BCUT2D eigenvalue weighted by atomic mass is 9.99. The molecule has 1 amide bonds. The Bertz CT molecular complexity index is 1150. The summed E-state index contributed by atoms with van der Waals surface area (Å²) in [6.45, 7) is 5.22. The van der Waals surface area contributed by atoms with Crippen molar-refractivity contribution >= 4 is 11.6 Å². The molecule has 0 bridgehead atoms. The van der Waals surface area contributed by atoms with E-state index in [0.717, 1.165) is 34.1 Å². The molecule has 32 heavy (non-hydrogen) atoms. The molecule has 2 heterocycles. The van der Waals surface area contributed by atoms with Gasteiger partial charge < -0.3 is 15.4 Å². The zero-order valence-corrected chi connectivity index (χ0v) is 18.8. The SMILES string of the molecule is CNCCNC(=O)C[C@@H]1N=C(c2ccc(C)cc2)c2cc(OC)ccc2-n2c(C)nnc21. The van der Waals surface area contributed by atoms with Gasteiger partial charge in [-0.1, -0.05) is 29.8 Å². The van der Waals surface area contributed by atoms with E-state index in [4.69, 9.17) is 9.73 Å². The highest BCUT2D eigenvalue weighted by atomic mass is 16.5. The zero-order valence-electron chi connectivity index (χ0n) is 18.8. The lowest BCUT2D eigenvalue weighted by Gasteiger charge is -2.14. The third kappa shape index (κ3) is 4.27. The monoisotopic (exact) mass is 432 g/mol. The summed E-state index contributed by atoms with van der Waals surface area (Å²) < 4.78 is 7.50. The number of carbonyl (C=O) groups is 1. The number of hydrogen-bond acceptors (Lipinski definition) is 6. The topological polar surface area (TPSA) is 93.4 Å². The molecule has 1 aromatic heterocycles. The molecular weight excluding hydrogens is 404 g/mol. The molecule has 2 N–H and O–H groups in total. The van der Waals surface area contributed by atoms with Crippen molar-refractivity contribution in [1.29, 1.82) is 0 Å². The number of aromatic nitrogens is 3. The molecule has 8 nitrogen and oxygen atoms in total. The summed E-state index contributed by atoms with van der Waals surface area (Å²) in [5.41, 5.74) is 4.78. The van der Waals surface area contributed by atoms with Crippen molar-refractivity contribution < 1.29 is 9.53 Å². The van der Waals surface area contributed by atoms with E-state index in [2.05, 4.69) is 52.0 Å². The quantitative estimate of drug-likeness (QED) is 0.560. The van der Waals surface area contributed by atoms with Crippen LogP contribution in [0, 0.1) is 13.8 Å². The van der Waals surface area contributed by atoms with Gasteiger partial charge >= 0.3 is 0 Å². The van der Waals surface area contributed by atoms with Crippen LogP contribution in [0.15, 0.2) is 47.5 Å². The molecule has 1 atom stereocenters. The molecular formula is C24H28N6O2. The molecule has 8 heteroatoms. The van der Waals surface area contributed by atoms with Crippen LogP contribution in [0.2, 0.25) is 0 Å². The van der Waals surface area contributed by atoms with Gasteiger partial charge in [-0.3, -0.25) is 14.4 Å². The molecule has 0 unspecified atom stereocenters. The number of benzene rings is 2. The Morgan fingerprint density at radius 3 is 2.59 bits per heavy atom. The molecule has 4 rings (SSSR count). The fraction of sp³-hybridized carbons (Fsp3) is 0.333. The number of likely N-dealkylation sites (N-methyl/N-ethyl adjacent to an activating group) is 1. The standard InChI is InChI=1S/C24H28N6O2/c1-15-5-7-17(8-6-15)23-19-13-18(32-4)9-10-21(19)30-16(2)28-29-24(30)20(27-23)14-22(31)26-12-11-25-3/h5-10,13,20,25H,11-12,14H2,1-4H3,(H,26,31)/t20-/m0/s1. The highest BCUT2D eigenvalue weighted by Gasteiger charge is 2.29. The van der Waals surface area contributed by atoms with Crippen molar-refractivity contribution in [3.05, 3.63) is 70.8 Å². The number of nitrogens with zero attached hydrogens (tertiary/aromatic N) is 4. The predicted molar refractivity (Wildman–Crippen MR) is 124 cm³/mol. The van der Waals surface area contributed by atoms with Crippen molar-refractivity contribution in [2.75, 3.05) is 27.2 Å². The average Bonchev–Trinajstić information content (AvgIpc) is 3.12. The van der Waals surface area contributed by atoms with Crippen molar-refractivity contribution in [1.82, 2.24) is 25.4 Å². The van der Waals surface area contributed by atoms with Crippen LogP contribution < -0.4 is 15.4 Å². The number of aryl methyl sites for hydroxylation is 2. The smallest absolute Gasteiger partial charge is 0.222 e. The second kappa shape index (κ2) is 9.32. The first kappa shape index (κ1) is 21.7. The largest absolute Gasteiger partial charge is 0.497 e. The van der Waals surface area contributed by atoms with Crippen LogP contribution in [-0.4, -0.2) is 53.6 Å². The number of ether oxygens (including phenoxy) is 1. The minimum atomic E-state index is -0.472. The number of nitrogens with one attached hydrogen (secondary N) is 2. The normalized spacial score (nSPS) is 14.8. The summed E-state index contributed by atoms with van der Waals surface area (Å²) in [5, 5.41) is 14.7. The fourth-order valence-corrected chi connectivity index (χ4v) is 3.86. The van der Waals surface area contributed by atoms with Crippen molar-refractivity contribution in [3.63, 3.8) is 0 Å². The average molecular weight is 433 g/mol. The molecule has 0 saturated heterocycles. The Morgan fingerprint density at radius 2 is 1.88 bits per heavy atom. The number of rotatable bonds is 7. The van der Waals surface area contributed by atoms with Gasteiger partial charge in [0.1, 0.15) is 17.6 Å². The van der Waals surface area contributed by atoms with Crippen LogP contribution in [-0.2, 0) is 4.79 Å². The van der Waals surface area contributed by atoms with E-state index in [0.29, 0.717) is 18.9 Å². The summed E-state index contributed by atoms with van der Waals surface area (Å²) in [5.74, 6) is 2.05. The van der Waals surface area contributed by atoms with Gasteiger partial charge in [-0.05, 0) is 39.1 Å². The number of hydrogen-bond donors (Lipinski definition) is 2. The number of aliphatic imine (C=N–C) groups is 1. The highest BCUT2D eigenvalue weighted by Crippen LogP contribution is 2.34. The maximum atomic E-state index is 12.7. The first-order valence-corrected chi connectivity index (χ1v) is 10.7. The van der Waals surface area contributed by atoms with E-state index < -0.39 is 6.04 Å². The van der Waals surface area contributed by atoms with E-state index in [1.54, 1.807) is 7.11 Å². The number of carbonyl (C=O) groups excluding carboxylic acids is 1. The molecule has 2 aromatic carbocycles. The molecule has 3 aromatic rings. The lowest BCUT2D eigenvalue weighted by Crippen LogP contribution is -2.31. The molecule has 0 spiro atoms. The van der Waals surface area contributed by atoms with Crippen molar-refractivity contribution in [2.45, 2.75) is 26.3 Å². The molecule has 1 aliphatic heterocycles. The van der Waals surface area contributed by atoms with Gasteiger partial charge in [0.2, 0.25) is 5.91 Å². The van der Waals surface area contributed by atoms with Crippen LogP contribution in [0.25, 0.3) is 5.69 Å². The number of amides is 1. The Kier molecular flexibility index (Phi) is 6.32. The van der Waals surface area contributed by atoms with E-state index in [-0.39, 0.29) is 12.3 Å². The zero-order chi connectivity index (χ0) is 22.7. The third-order valence-corrected chi connectivity index (χ3v) is 5.53. The van der Waals surface area contributed by atoms with Crippen LogP contribution in [0.1, 0.15) is 40.8 Å². The Morgan fingerprint density at radius 1 is 1.09 bits per heavy atom. The second-order valence-corrected chi connectivity index (χ2v) is 7.84. The van der Waals surface area contributed by atoms with E-state index in [9.17, 15) is 4.79 Å². The maximum Gasteiger partial charge on any atom is 0.222 e. The van der Waals surface area contributed by atoms with Gasteiger partial charge in [-0.15, -0.1) is 10.2 Å². The van der Waals surface area contributed by atoms with Crippen LogP contribution in [0.4, 0.5) is 0 Å². The van der Waals surface area contributed by atoms with E-state index in [1.165, 1.54) is 5.56 Å². The van der Waals surface area contributed by atoms with Gasteiger partial charge in [0, 0.05) is 24.2 Å². The summed E-state index contributed by atoms with van der Waals surface area (Å²) >= 11 is 0. The van der Waals surface area contributed by atoms with Crippen LogP contribution in [0.3, 0.4) is 0 Å². The molecule has 0 fully saturated rings. The van der Waals surface area contributed by atoms with E-state index >= 15 is 0 Å². The third-order valence-electron chi connectivity index (χ3n) is 5.53. The lowest BCUT2D eigenvalue weighted by molar-refractivity contribution is -0.121. The Labute approximate surface area is 187 Å². The van der Waals surface area contributed by atoms with E-state index in [1.807, 2.05) is 36.7 Å². The predicted octanol–water partition coefficient (Wildman–Crippen LogP) is 2.51. The summed E-state index contributed by atoms with van der Waals surface area (Å²) in [6, 6.07) is 13.7. The van der Waals surface area contributed by atoms with Gasteiger partial charge in [0.15, 0.2) is 5.82 Å². The van der Waals surface area contributed by atoms with Gasteiger partial charge in [0.05, 0.1) is 24.9 Å². The Hall–Kier alpha value is -3.52. The molecule has 166 valence electrons. The highest BCUT2D eigenvalue weighted by molar-refractivity contribution is 6.15. The van der Waals surface area contributed by atoms with Gasteiger partial charge in [-0.25, -0.2) is 0 Å². The number of methoxy groups -OCH3 is 1. The first-order valence-electron chi connectivity index (χ1n) is 10.7. The van der Waals surface area contributed by atoms with Crippen molar-refractivity contribution in [3.8, 4) is 11.4 Å². The minimum Gasteiger partial charge on any atom is -0.497 e. The maximum absolute atomic E-state index is 12.7. The summed E-state index contributed by atoms with van der Waals surface area (Å²) in [4.78, 5) is 17.8. The van der Waals surface area contributed by atoms with Gasteiger partial charge in [-0.2, -0.15) is 0 Å². The van der Waals surface area contributed by atoms with Crippen molar-refractivity contribution in [2.24, 2.45) is 4.99 Å². The molecule has 0 radical (unpaired) electrons. The van der Waals surface area contributed by atoms with Gasteiger partial charge in [0.25, 0.3) is 0 Å². The Balaban J connectivity index is 1.86.